The van der Waals surface area contributed by atoms with Crippen LogP contribution in [0.5, 0.6) is 0 Å². The highest BCUT2D eigenvalue weighted by molar-refractivity contribution is 4.90. The summed E-state index contributed by atoms with van der Waals surface area (Å²) in [5, 5.41) is 0. The normalized spacial score (nSPS) is 41.5. The minimum atomic E-state index is 0.869. The summed E-state index contributed by atoms with van der Waals surface area (Å²) >= 11 is 0. The summed E-state index contributed by atoms with van der Waals surface area (Å²) in [6, 6.07) is 1.82. The van der Waals surface area contributed by atoms with E-state index in [0.29, 0.717) is 0 Å². The van der Waals surface area contributed by atoms with Gasteiger partial charge in [0.2, 0.25) is 0 Å². The summed E-state index contributed by atoms with van der Waals surface area (Å²) in [5.41, 5.74) is 0. The van der Waals surface area contributed by atoms with Gasteiger partial charge in [0.25, 0.3) is 0 Å². The highest BCUT2D eigenvalue weighted by atomic mass is 15.2. The van der Waals surface area contributed by atoms with Crippen molar-refractivity contribution in [1.82, 2.24) is 4.90 Å². The van der Waals surface area contributed by atoms with Crippen molar-refractivity contribution in [2.24, 2.45) is 5.92 Å². The maximum absolute atomic E-state index is 2.79. The van der Waals surface area contributed by atoms with Gasteiger partial charge in [-0.25, -0.2) is 0 Å². The largest absolute Gasteiger partial charge is 0.297 e. The third-order valence-electron chi connectivity index (χ3n) is 4.18. The predicted octanol–water partition coefficient (Wildman–Crippen LogP) is 3.05. The van der Waals surface area contributed by atoms with E-state index in [1.165, 1.54) is 45.1 Å². The third-order valence-corrected chi connectivity index (χ3v) is 4.18. The molecule has 2 aliphatic heterocycles. The smallest absolute Gasteiger partial charge is 0.0126 e. The maximum atomic E-state index is 2.79. The van der Waals surface area contributed by atoms with Crippen LogP contribution < -0.4 is 0 Å². The lowest BCUT2D eigenvalue weighted by Gasteiger charge is -2.48. The molecule has 76 valence electrons. The second-order valence-corrected chi connectivity index (χ2v) is 4.90. The quantitative estimate of drug-likeness (QED) is 0.601. The molecule has 0 N–H and O–H groups in total. The summed E-state index contributed by atoms with van der Waals surface area (Å²) in [7, 11) is 0. The molecule has 0 amide bonds. The van der Waals surface area contributed by atoms with Gasteiger partial charge in [-0.15, -0.1) is 0 Å². The Kier molecular flexibility index (Phi) is 2.92. The van der Waals surface area contributed by atoms with E-state index >= 15 is 0 Å². The van der Waals surface area contributed by atoms with Crippen LogP contribution in [0.3, 0.4) is 0 Å². The summed E-state index contributed by atoms with van der Waals surface area (Å²) in [5.74, 6) is 1.01. The van der Waals surface area contributed by atoms with Crippen LogP contribution in [-0.2, 0) is 0 Å². The monoisotopic (exact) mass is 181 g/mol. The molecule has 0 spiro atoms. The predicted molar refractivity (Wildman–Crippen MR) is 56.8 cm³/mol. The van der Waals surface area contributed by atoms with Gasteiger partial charge < -0.3 is 0 Å². The van der Waals surface area contributed by atoms with Crippen molar-refractivity contribution in [2.45, 2.75) is 64.5 Å². The van der Waals surface area contributed by atoms with E-state index < -0.39 is 0 Å². The summed E-state index contributed by atoms with van der Waals surface area (Å²) in [6.07, 6.45) is 8.71. The molecular weight excluding hydrogens is 158 g/mol. The molecule has 0 aromatic heterocycles. The van der Waals surface area contributed by atoms with Gasteiger partial charge in [-0.05, 0) is 45.1 Å². The molecule has 2 heterocycles. The molecule has 2 aliphatic rings. The highest BCUT2D eigenvalue weighted by Crippen LogP contribution is 2.35. The molecule has 1 heteroatoms. The number of hydrogen-bond acceptors (Lipinski definition) is 1. The van der Waals surface area contributed by atoms with Gasteiger partial charge in [0.1, 0.15) is 0 Å². The van der Waals surface area contributed by atoms with E-state index in [0.717, 1.165) is 18.0 Å². The van der Waals surface area contributed by atoms with Gasteiger partial charge in [0, 0.05) is 12.1 Å². The molecule has 0 aliphatic carbocycles. The molecule has 0 aromatic carbocycles. The van der Waals surface area contributed by atoms with Crippen LogP contribution >= 0.6 is 0 Å². The van der Waals surface area contributed by atoms with Crippen LogP contribution in [-0.4, -0.2) is 23.5 Å². The zero-order chi connectivity index (χ0) is 9.26. The molecule has 0 unspecified atom stereocenters. The molecular formula is C12H23N. The van der Waals surface area contributed by atoms with E-state index in [1.54, 1.807) is 0 Å². The Morgan fingerprint density at radius 2 is 2.00 bits per heavy atom. The van der Waals surface area contributed by atoms with E-state index in [-0.39, 0.29) is 0 Å². The van der Waals surface area contributed by atoms with Gasteiger partial charge in [-0.1, -0.05) is 19.8 Å². The lowest BCUT2D eigenvalue weighted by atomic mass is 9.80. The molecule has 3 atom stereocenters. The lowest BCUT2D eigenvalue weighted by molar-refractivity contribution is 0.0180. The number of piperidine rings is 2. The molecule has 2 rings (SSSR count). The summed E-state index contributed by atoms with van der Waals surface area (Å²) in [6.45, 7) is 6.17. The van der Waals surface area contributed by atoms with Crippen molar-refractivity contribution >= 4 is 0 Å². The van der Waals surface area contributed by atoms with Crippen molar-refractivity contribution < 1.29 is 0 Å². The average Bonchev–Trinajstić information content (AvgIpc) is 2.19. The minimum absolute atomic E-state index is 0.869. The van der Waals surface area contributed by atoms with Gasteiger partial charge in [-0.3, -0.25) is 4.90 Å². The Bertz CT molecular complexity index is 167. The van der Waals surface area contributed by atoms with Crippen molar-refractivity contribution in [3.63, 3.8) is 0 Å². The molecule has 1 nitrogen and oxygen atoms in total. The Hall–Kier alpha value is -0.0400. The lowest BCUT2D eigenvalue weighted by Crippen LogP contribution is -2.52. The molecule has 13 heavy (non-hydrogen) atoms. The van der Waals surface area contributed by atoms with Gasteiger partial charge in [0.05, 0.1) is 0 Å². The fourth-order valence-electron chi connectivity index (χ4n) is 3.32. The van der Waals surface area contributed by atoms with Crippen LogP contribution in [0.4, 0.5) is 0 Å². The van der Waals surface area contributed by atoms with Crippen LogP contribution in [0.1, 0.15) is 52.4 Å². The molecule has 0 saturated carbocycles. The fraction of sp³-hybridized carbons (Fsp3) is 1.00. The Morgan fingerprint density at radius 1 is 1.15 bits per heavy atom. The third kappa shape index (κ3) is 1.76. The van der Waals surface area contributed by atoms with E-state index in [2.05, 4.69) is 18.7 Å². The minimum Gasteiger partial charge on any atom is -0.297 e. The topological polar surface area (TPSA) is 3.24 Å². The van der Waals surface area contributed by atoms with Crippen LogP contribution in [0.15, 0.2) is 0 Å². The van der Waals surface area contributed by atoms with Crippen LogP contribution in [0, 0.1) is 5.92 Å². The van der Waals surface area contributed by atoms with Crippen molar-refractivity contribution in [3.8, 4) is 0 Å². The van der Waals surface area contributed by atoms with E-state index in [1.807, 2.05) is 0 Å². The summed E-state index contributed by atoms with van der Waals surface area (Å²) < 4.78 is 0. The molecule has 0 radical (unpaired) electrons. The zero-order valence-electron chi connectivity index (χ0n) is 9.13. The van der Waals surface area contributed by atoms with E-state index in [9.17, 15) is 0 Å². The number of nitrogens with zero attached hydrogens (tertiary/aromatic N) is 1. The average molecular weight is 181 g/mol. The van der Waals surface area contributed by atoms with Crippen LogP contribution in [0.25, 0.3) is 0 Å². The second kappa shape index (κ2) is 4.00. The zero-order valence-corrected chi connectivity index (χ0v) is 9.13. The van der Waals surface area contributed by atoms with Crippen molar-refractivity contribution in [1.29, 1.82) is 0 Å². The first-order valence-electron chi connectivity index (χ1n) is 6.08. The Morgan fingerprint density at radius 3 is 2.77 bits per heavy atom. The molecule has 0 bridgehead atoms. The fourth-order valence-corrected chi connectivity index (χ4v) is 3.32. The van der Waals surface area contributed by atoms with Gasteiger partial charge >= 0.3 is 0 Å². The second-order valence-electron chi connectivity index (χ2n) is 4.90. The SMILES string of the molecule is CC[C@H]1CC[C@H](C)N2CCCC[C@@H]12. The molecule has 2 saturated heterocycles. The maximum Gasteiger partial charge on any atom is 0.0126 e. The highest BCUT2D eigenvalue weighted by Gasteiger charge is 2.35. The molecule has 0 aromatic rings. The van der Waals surface area contributed by atoms with Crippen molar-refractivity contribution in [2.75, 3.05) is 6.54 Å². The number of rotatable bonds is 1. The summed E-state index contributed by atoms with van der Waals surface area (Å²) in [4.78, 5) is 2.79. The Labute approximate surface area is 82.5 Å². The standard InChI is InChI=1S/C12H23N/c1-3-11-8-7-10(2)13-9-5-4-6-12(11)13/h10-12H,3-9H2,1-2H3/t10-,11-,12-/m0/s1. The first kappa shape index (κ1) is 9.51. The van der Waals surface area contributed by atoms with E-state index in [4.69, 9.17) is 0 Å². The number of hydrogen-bond donors (Lipinski definition) is 0. The molecule has 2 fully saturated rings. The Balaban J connectivity index is 2.05. The first-order chi connectivity index (χ1) is 6.33. The first-order valence-corrected chi connectivity index (χ1v) is 6.08. The van der Waals surface area contributed by atoms with Crippen LogP contribution in [0.2, 0.25) is 0 Å². The van der Waals surface area contributed by atoms with Gasteiger partial charge in [-0.2, -0.15) is 0 Å². The van der Waals surface area contributed by atoms with Crippen molar-refractivity contribution in [3.05, 3.63) is 0 Å². The number of fused-ring (bicyclic) bond motifs is 1. The van der Waals surface area contributed by atoms with Gasteiger partial charge in [0.15, 0.2) is 0 Å².